The van der Waals surface area contributed by atoms with Crippen LogP contribution in [0.1, 0.15) is 23.0 Å². The minimum absolute atomic E-state index is 0.198. The second-order valence-electron chi connectivity index (χ2n) is 4.25. The van der Waals surface area contributed by atoms with E-state index in [0.29, 0.717) is 18.8 Å². The smallest absolute Gasteiger partial charge is 0.275 e. The van der Waals surface area contributed by atoms with Crippen molar-refractivity contribution in [2.24, 2.45) is 5.73 Å². The molecule has 0 saturated heterocycles. The van der Waals surface area contributed by atoms with Crippen molar-refractivity contribution in [3.8, 4) is 0 Å². The highest BCUT2D eigenvalue weighted by atomic mass is 16.1. The third-order valence-electron chi connectivity index (χ3n) is 2.90. The molecule has 1 aromatic heterocycles. The highest BCUT2D eigenvalue weighted by molar-refractivity contribution is 6.03. The summed E-state index contributed by atoms with van der Waals surface area (Å²) in [6, 6.07) is 7.77. The summed E-state index contributed by atoms with van der Waals surface area (Å²) in [6.45, 7) is 3.24. The van der Waals surface area contributed by atoms with Crippen LogP contribution in [0.25, 0.3) is 0 Å². The van der Waals surface area contributed by atoms with E-state index < -0.39 is 0 Å². The van der Waals surface area contributed by atoms with Crippen molar-refractivity contribution in [3.05, 3.63) is 48.0 Å². The molecule has 0 bridgehead atoms. The normalized spacial score (nSPS) is 10.4. The van der Waals surface area contributed by atoms with Gasteiger partial charge in [-0.25, -0.2) is 4.98 Å². The molecule has 1 aromatic carbocycles. The van der Waals surface area contributed by atoms with Gasteiger partial charge in [0.1, 0.15) is 5.69 Å². The molecule has 5 heteroatoms. The number of imidazole rings is 1. The fraction of sp³-hybridized carbons (Fsp3) is 0.286. The van der Waals surface area contributed by atoms with E-state index in [-0.39, 0.29) is 5.91 Å². The Morgan fingerprint density at radius 2 is 2.21 bits per heavy atom. The lowest BCUT2D eigenvalue weighted by atomic mass is 10.1. The van der Waals surface area contributed by atoms with E-state index in [1.807, 2.05) is 24.3 Å². The fourth-order valence-corrected chi connectivity index (χ4v) is 1.89. The number of nitrogens with two attached hydrogens (primary N) is 1. The van der Waals surface area contributed by atoms with Crippen LogP contribution in [-0.4, -0.2) is 22.0 Å². The first-order valence-corrected chi connectivity index (χ1v) is 6.35. The lowest BCUT2D eigenvalue weighted by Gasteiger charge is -2.08. The summed E-state index contributed by atoms with van der Waals surface area (Å²) in [6.07, 6.45) is 4.20. The summed E-state index contributed by atoms with van der Waals surface area (Å²) >= 11 is 0. The van der Waals surface area contributed by atoms with Gasteiger partial charge in [-0.3, -0.25) is 4.79 Å². The first-order valence-electron chi connectivity index (χ1n) is 6.35. The van der Waals surface area contributed by atoms with Gasteiger partial charge in [0.2, 0.25) is 0 Å². The molecular weight excluding hydrogens is 240 g/mol. The van der Waals surface area contributed by atoms with Gasteiger partial charge in [-0.2, -0.15) is 0 Å². The zero-order chi connectivity index (χ0) is 13.7. The van der Waals surface area contributed by atoms with E-state index in [2.05, 4.69) is 17.2 Å². The summed E-state index contributed by atoms with van der Waals surface area (Å²) < 4.78 is 1.81. The van der Waals surface area contributed by atoms with Crippen molar-refractivity contribution in [1.29, 1.82) is 0 Å². The summed E-state index contributed by atoms with van der Waals surface area (Å²) in [5.41, 5.74) is 7.81. The van der Waals surface area contributed by atoms with Gasteiger partial charge in [0.05, 0.1) is 6.33 Å². The molecule has 0 fully saturated rings. The standard InChI is InChI=1S/C14H18N4O/c1-2-11-5-3-4-6-12(11)17-14(19)13-9-18(8-7-15)10-16-13/h3-6,9-10H,2,7-8,15H2,1H3,(H,17,19). The fourth-order valence-electron chi connectivity index (χ4n) is 1.89. The maximum Gasteiger partial charge on any atom is 0.275 e. The zero-order valence-electron chi connectivity index (χ0n) is 11.0. The summed E-state index contributed by atoms with van der Waals surface area (Å²) in [5, 5.41) is 2.89. The third kappa shape index (κ3) is 3.20. The first kappa shape index (κ1) is 13.3. The molecule has 1 amide bonds. The van der Waals surface area contributed by atoms with Gasteiger partial charge in [-0.15, -0.1) is 0 Å². The Bertz CT molecular complexity index is 562. The van der Waals surface area contributed by atoms with Crippen LogP contribution < -0.4 is 11.1 Å². The van der Waals surface area contributed by atoms with Gasteiger partial charge in [0.15, 0.2) is 0 Å². The number of nitrogens with one attached hydrogen (secondary N) is 1. The van der Waals surface area contributed by atoms with Crippen molar-refractivity contribution in [2.75, 3.05) is 11.9 Å². The minimum Gasteiger partial charge on any atom is -0.335 e. The van der Waals surface area contributed by atoms with Crippen molar-refractivity contribution >= 4 is 11.6 Å². The van der Waals surface area contributed by atoms with Crippen LogP contribution in [0.4, 0.5) is 5.69 Å². The average molecular weight is 258 g/mol. The number of rotatable bonds is 5. The molecule has 0 saturated carbocycles. The molecule has 100 valence electrons. The molecule has 0 aliphatic carbocycles. The number of nitrogens with zero attached hydrogens (tertiary/aromatic N) is 2. The van der Waals surface area contributed by atoms with Crippen molar-refractivity contribution in [3.63, 3.8) is 0 Å². The van der Waals surface area contributed by atoms with Crippen LogP contribution in [0.15, 0.2) is 36.8 Å². The van der Waals surface area contributed by atoms with Gasteiger partial charge in [-0.05, 0) is 18.1 Å². The van der Waals surface area contributed by atoms with Crippen LogP contribution in [0.3, 0.4) is 0 Å². The molecular formula is C14H18N4O. The molecule has 2 aromatic rings. The topological polar surface area (TPSA) is 72.9 Å². The van der Waals surface area contributed by atoms with Gasteiger partial charge in [0.25, 0.3) is 5.91 Å². The Balaban J connectivity index is 2.11. The van der Waals surface area contributed by atoms with Crippen molar-refractivity contribution in [1.82, 2.24) is 9.55 Å². The molecule has 0 unspecified atom stereocenters. The van der Waals surface area contributed by atoms with Gasteiger partial charge in [-0.1, -0.05) is 25.1 Å². The molecule has 0 atom stereocenters. The van der Waals surface area contributed by atoms with E-state index in [9.17, 15) is 4.79 Å². The van der Waals surface area contributed by atoms with Crippen LogP contribution in [-0.2, 0) is 13.0 Å². The summed E-state index contributed by atoms with van der Waals surface area (Å²) in [4.78, 5) is 16.2. The molecule has 19 heavy (non-hydrogen) atoms. The molecule has 0 aliphatic rings. The summed E-state index contributed by atoms with van der Waals surface area (Å²) in [7, 11) is 0. The molecule has 0 aliphatic heterocycles. The number of aryl methyl sites for hydroxylation is 1. The largest absolute Gasteiger partial charge is 0.335 e. The maximum atomic E-state index is 12.1. The van der Waals surface area contributed by atoms with E-state index in [0.717, 1.165) is 17.7 Å². The SMILES string of the molecule is CCc1ccccc1NC(=O)c1cn(CCN)cn1. The van der Waals surface area contributed by atoms with Gasteiger partial charge >= 0.3 is 0 Å². The summed E-state index contributed by atoms with van der Waals surface area (Å²) in [5.74, 6) is -0.198. The lowest BCUT2D eigenvalue weighted by molar-refractivity contribution is 0.102. The second kappa shape index (κ2) is 6.15. The van der Waals surface area contributed by atoms with E-state index in [4.69, 9.17) is 5.73 Å². The molecule has 2 rings (SSSR count). The number of hydrogen-bond acceptors (Lipinski definition) is 3. The van der Waals surface area contributed by atoms with Gasteiger partial charge < -0.3 is 15.6 Å². The average Bonchev–Trinajstić information content (AvgIpc) is 2.88. The Labute approximate surface area is 112 Å². The van der Waals surface area contributed by atoms with Crippen LogP contribution in [0, 0.1) is 0 Å². The molecule has 3 N–H and O–H groups in total. The van der Waals surface area contributed by atoms with Crippen molar-refractivity contribution in [2.45, 2.75) is 19.9 Å². The predicted molar refractivity (Wildman–Crippen MR) is 75.1 cm³/mol. The number of amides is 1. The molecule has 1 heterocycles. The van der Waals surface area contributed by atoms with Crippen LogP contribution >= 0.6 is 0 Å². The van der Waals surface area contributed by atoms with E-state index in [1.165, 1.54) is 0 Å². The number of hydrogen-bond donors (Lipinski definition) is 2. The Kier molecular flexibility index (Phi) is 4.30. The number of benzene rings is 1. The second-order valence-corrected chi connectivity index (χ2v) is 4.25. The van der Waals surface area contributed by atoms with E-state index in [1.54, 1.807) is 17.1 Å². The van der Waals surface area contributed by atoms with E-state index >= 15 is 0 Å². The number of para-hydroxylation sites is 1. The molecule has 5 nitrogen and oxygen atoms in total. The number of anilines is 1. The third-order valence-corrected chi connectivity index (χ3v) is 2.90. The molecule has 0 radical (unpaired) electrons. The number of carbonyl (C=O) groups excluding carboxylic acids is 1. The zero-order valence-corrected chi connectivity index (χ0v) is 11.0. The highest BCUT2D eigenvalue weighted by Gasteiger charge is 2.11. The Morgan fingerprint density at radius 1 is 1.42 bits per heavy atom. The van der Waals surface area contributed by atoms with Crippen LogP contribution in [0.2, 0.25) is 0 Å². The monoisotopic (exact) mass is 258 g/mol. The maximum absolute atomic E-state index is 12.1. The van der Waals surface area contributed by atoms with Crippen molar-refractivity contribution < 1.29 is 4.79 Å². The molecule has 0 spiro atoms. The predicted octanol–water partition coefficient (Wildman–Crippen LogP) is 1.66. The Morgan fingerprint density at radius 3 is 2.95 bits per heavy atom. The van der Waals surface area contributed by atoms with Gasteiger partial charge in [0, 0.05) is 25.0 Å². The first-order chi connectivity index (χ1) is 9.24. The highest BCUT2D eigenvalue weighted by Crippen LogP contribution is 2.16. The Hall–Kier alpha value is -2.14. The minimum atomic E-state index is -0.198. The number of carbonyl (C=O) groups is 1. The number of aromatic nitrogens is 2. The van der Waals surface area contributed by atoms with Crippen LogP contribution in [0.5, 0.6) is 0 Å². The quantitative estimate of drug-likeness (QED) is 0.856. The lowest BCUT2D eigenvalue weighted by Crippen LogP contribution is -2.14.